The molecule has 0 atom stereocenters. The van der Waals surface area contributed by atoms with Crippen molar-refractivity contribution in [2.75, 3.05) is 13.2 Å². The number of carbonyl (C=O) groups is 4. The van der Waals surface area contributed by atoms with E-state index in [1.807, 2.05) is 0 Å². The maximum Gasteiger partial charge on any atom is 0.333 e. The van der Waals surface area contributed by atoms with Crippen molar-refractivity contribution in [2.24, 2.45) is 0 Å². The lowest BCUT2D eigenvalue weighted by Crippen LogP contribution is -2.33. The van der Waals surface area contributed by atoms with Crippen LogP contribution < -0.4 is 0 Å². The number of hydrogen-bond acceptors (Lipinski definition) is 8. The summed E-state index contributed by atoms with van der Waals surface area (Å²) in [4.78, 5) is 49.8. The number of rotatable bonds is 8. The lowest BCUT2D eigenvalue weighted by atomic mass is 10.2. The van der Waals surface area contributed by atoms with Crippen molar-refractivity contribution >= 4 is 40.8 Å². The zero-order chi connectivity index (χ0) is 15.8. The van der Waals surface area contributed by atoms with E-state index in [9.17, 15) is 19.2 Å². The first-order valence-corrected chi connectivity index (χ1v) is 6.74. The fourth-order valence-corrected chi connectivity index (χ4v) is 1.73. The Hall–Kier alpha value is -1.87. The minimum atomic E-state index is -0.782. The van der Waals surface area contributed by atoms with Crippen molar-refractivity contribution in [1.82, 2.24) is 5.06 Å². The Morgan fingerprint density at radius 2 is 1.81 bits per heavy atom. The standard InChI is InChI=1S/C12H15NO7S/c14-5-6-19-10(16)3-1-2-4-11(17)20-13-9(15)7-8(21)12(13)18/h14H,1-7H2. The largest absolute Gasteiger partial charge is 0.463 e. The maximum atomic E-state index is 11.5. The number of imide groups is 1. The summed E-state index contributed by atoms with van der Waals surface area (Å²) >= 11 is 4.65. The third-order valence-corrected chi connectivity index (χ3v) is 2.84. The molecule has 0 aliphatic carbocycles. The molecule has 116 valence electrons. The minimum absolute atomic E-state index is 0.0445. The highest BCUT2D eigenvalue weighted by Gasteiger charge is 2.37. The van der Waals surface area contributed by atoms with Gasteiger partial charge < -0.3 is 14.7 Å². The lowest BCUT2D eigenvalue weighted by molar-refractivity contribution is -0.196. The topological polar surface area (TPSA) is 110 Å². The molecule has 1 saturated heterocycles. The molecule has 1 heterocycles. The molecular weight excluding hydrogens is 302 g/mol. The average Bonchev–Trinajstić information content (AvgIpc) is 2.68. The summed E-state index contributed by atoms with van der Waals surface area (Å²) in [5.41, 5.74) is 0. The van der Waals surface area contributed by atoms with Crippen LogP contribution in [0.15, 0.2) is 0 Å². The van der Waals surface area contributed by atoms with Gasteiger partial charge in [0.25, 0.3) is 5.91 Å². The second-order valence-corrected chi connectivity index (χ2v) is 4.70. The number of aliphatic hydroxyl groups excluding tert-OH is 1. The van der Waals surface area contributed by atoms with Gasteiger partial charge in [-0.05, 0) is 12.8 Å². The van der Waals surface area contributed by atoms with E-state index in [0.717, 1.165) is 0 Å². The van der Waals surface area contributed by atoms with E-state index in [1.54, 1.807) is 0 Å². The highest BCUT2D eigenvalue weighted by atomic mass is 32.1. The fraction of sp³-hybridized carbons (Fsp3) is 0.583. The Kier molecular flexibility index (Phi) is 6.89. The predicted octanol–water partition coefficient (Wildman–Crippen LogP) is -0.331. The molecule has 0 spiro atoms. The Labute approximate surface area is 125 Å². The molecule has 1 aliphatic rings. The SMILES string of the molecule is O=C(CCCCC(=O)ON1C(=O)CC(=S)C1=O)OCCO. The van der Waals surface area contributed by atoms with Crippen LogP contribution in [0.2, 0.25) is 0 Å². The molecule has 2 amide bonds. The van der Waals surface area contributed by atoms with Crippen LogP contribution >= 0.6 is 12.2 Å². The van der Waals surface area contributed by atoms with Crippen molar-refractivity contribution < 1.29 is 33.9 Å². The number of nitrogens with zero attached hydrogens (tertiary/aromatic N) is 1. The average molecular weight is 317 g/mol. The van der Waals surface area contributed by atoms with Crippen LogP contribution in [0, 0.1) is 0 Å². The molecule has 21 heavy (non-hydrogen) atoms. The van der Waals surface area contributed by atoms with Crippen molar-refractivity contribution in [3.05, 3.63) is 0 Å². The van der Waals surface area contributed by atoms with Crippen molar-refractivity contribution in [2.45, 2.75) is 32.1 Å². The second-order valence-electron chi connectivity index (χ2n) is 4.21. The number of hydrogen-bond donors (Lipinski definition) is 1. The zero-order valence-electron chi connectivity index (χ0n) is 11.2. The van der Waals surface area contributed by atoms with Crippen LogP contribution in [0.4, 0.5) is 0 Å². The number of carbonyl (C=O) groups excluding carboxylic acids is 4. The lowest BCUT2D eigenvalue weighted by Gasteiger charge is -2.11. The number of thiocarbonyl (C=S) groups is 1. The summed E-state index contributed by atoms with van der Waals surface area (Å²) in [6, 6.07) is 0. The van der Waals surface area contributed by atoms with Gasteiger partial charge in [-0.15, -0.1) is 0 Å². The molecule has 1 rings (SSSR count). The summed E-state index contributed by atoms with van der Waals surface area (Å²) in [5.74, 6) is -2.65. The second kappa shape index (κ2) is 8.42. The van der Waals surface area contributed by atoms with Crippen LogP contribution in [0.5, 0.6) is 0 Å². The van der Waals surface area contributed by atoms with Gasteiger partial charge in [0, 0.05) is 12.8 Å². The highest BCUT2D eigenvalue weighted by molar-refractivity contribution is 7.82. The molecule has 0 aromatic carbocycles. The van der Waals surface area contributed by atoms with E-state index in [0.29, 0.717) is 17.9 Å². The van der Waals surface area contributed by atoms with E-state index in [1.165, 1.54) is 0 Å². The first-order valence-electron chi connectivity index (χ1n) is 6.33. The Bertz CT molecular complexity index is 463. The summed E-state index contributed by atoms with van der Waals surface area (Å²) < 4.78 is 4.63. The first-order chi connectivity index (χ1) is 9.95. The maximum absolute atomic E-state index is 11.5. The quantitative estimate of drug-likeness (QED) is 0.280. The smallest absolute Gasteiger partial charge is 0.333 e. The summed E-state index contributed by atoms with van der Waals surface area (Å²) in [5, 5.41) is 8.82. The molecule has 9 heteroatoms. The van der Waals surface area contributed by atoms with E-state index < -0.39 is 23.8 Å². The van der Waals surface area contributed by atoms with Crippen LogP contribution in [0.1, 0.15) is 32.1 Å². The third-order valence-electron chi connectivity index (χ3n) is 2.52. The zero-order valence-corrected chi connectivity index (χ0v) is 12.0. The number of ether oxygens (including phenoxy) is 1. The molecule has 8 nitrogen and oxygen atoms in total. The van der Waals surface area contributed by atoms with E-state index in [4.69, 9.17) is 5.11 Å². The predicted molar refractivity (Wildman–Crippen MR) is 71.7 cm³/mol. The van der Waals surface area contributed by atoms with E-state index in [2.05, 4.69) is 21.8 Å². The van der Waals surface area contributed by atoms with Gasteiger partial charge in [-0.3, -0.25) is 14.4 Å². The van der Waals surface area contributed by atoms with Crippen molar-refractivity contribution in [3.63, 3.8) is 0 Å². The van der Waals surface area contributed by atoms with Gasteiger partial charge in [0.1, 0.15) is 6.61 Å². The van der Waals surface area contributed by atoms with Crippen LogP contribution in [-0.4, -0.2) is 52.0 Å². The van der Waals surface area contributed by atoms with Gasteiger partial charge in [-0.2, -0.15) is 0 Å². The van der Waals surface area contributed by atoms with Gasteiger partial charge in [0.05, 0.1) is 17.9 Å². The third kappa shape index (κ3) is 5.56. The molecule has 0 aromatic rings. The summed E-state index contributed by atoms with van der Waals surface area (Å²) in [6.07, 6.45) is 0.571. The van der Waals surface area contributed by atoms with Gasteiger partial charge in [0.2, 0.25) is 0 Å². The number of esters is 1. The van der Waals surface area contributed by atoms with Crippen LogP contribution in [-0.2, 0) is 28.8 Å². The van der Waals surface area contributed by atoms with Gasteiger partial charge >= 0.3 is 17.8 Å². The highest BCUT2D eigenvalue weighted by Crippen LogP contribution is 2.12. The first kappa shape index (κ1) is 17.2. The van der Waals surface area contributed by atoms with Crippen molar-refractivity contribution in [1.29, 1.82) is 0 Å². The molecule has 0 radical (unpaired) electrons. The summed E-state index contributed by atoms with van der Waals surface area (Å²) in [7, 11) is 0. The Balaban J connectivity index is 2.20. The fourth-order valence-electron chi connectivity index (χ4n) is 1.52. The molecule has 0 saturated carbocycles. The minimum Gasteiger partial charge on any atom is -0.463 e. The van der Waals surface area contributed by atoms with Gasteiger partial charge in [0.15, 0.2) is 0 Å². The molecule has 0 bridgehead atoms. The number of unbranched alkanes of at least 4 members (excludes halogenated alkanes) is 1. The summed E-state index contributed by atoms with van der Waals surface area (Å²) in [6.45, 7) is -0.294. The number of hydroxylamine groups is 2. The Morgan fingerprint density at radius 1 is 1.19 bits per heavy atom. The molecule has 1 fully saturated rings. The number of amides is 2. The number of aliphatic hydroxyl groups is 1. The monoisotopic (exact) mass is 317 g/mol. The molecule has 0 aromatic heterocycles. The molecule has 0 unspecified atom stereocenters. The van der Waals surface area contributed by atoms with Gasteiger partial charge in [-0.25, -0.2) is 4.79 Å². The van der Waals surface area contributed by atoms with E-state index >= 15 is 0 Å². The molecule has 1 N–H and O–H groups in total. The van der Waals surface area contributed by atoms with Crippen LogP contribution in [0.3, 0.4) is 0 Å². The molecular formula is C12H15NO7S. The normalized spacial score (nSPS) is 14.5. The van der Waals surface area contributed by atoms with E-state index in [-0.39, 0.29) is 37.3 Å². The van der Waals surface area contributed by atoms with Crippen molar-refractivity contribution in [3.8, 4) is 0 Å². The molecule has 1 aliphatic heterocycles. The Morgan fingerprint density at radius 3 is 2.33 bits per heavy atom. The van der Waals surface area contributed by atoms with Gasteiger partial charge in [-0.1, -0.05) is 17.3 Å². The van der Waals surface area contributed by atoms with Crippen LogP contribution in [0.25, 0.3) is 0 Å².